The number of para-hydroxylation sites is 1. The Morgan fingerprint density at radius 1 is 1.12 bits per heavy atom. The summed E-state index contributed by atoms with van der Waals surface area (Å²) in [5, 5.41) is 8.19. The normalized spacial score (nSPS) is 12.6. The first-order valence-electron chi connectivity index (χ1n) is 7.24. The SMILES string of the molecule is Cc1ccc(S(=O)(=O)C(C)COOc2ccccc2C(=O)O)cc1. The highest BCUT2D eigenvalue weighted by Gasteiger charge is 2.24. The van der Waals surface area contributed by atoms with Gasteiger partial charge in [0.2, 0.25) is 0 Å². The van der Waals surface area contributed by atoms with Crippen LogP contribution >= 0.6 is 0 Å². The molecule has 0 heterocycles. The number of carboxylic acids is 1. The third-order valence-electron chi connectivity index (χ3n) is 3.45. The van der Waals surface area contributed by atoms with Gasteiger partial charge in [0.05, 0.1) is 10.1 Å². The van der Waals surface area contributed by atoms with Crippen LogP contribution in [0.15, 0.2) is 53.4 Å². The highest BCUT2D eigenvalue weighted by atomic mass is 32.2. The van der Waals surface area contributed by atoms with Crippen LogP contribution in [0, 0.1) is 6.92 Å². The van der Waals surface area contributed by atoms with E-state index in [-0.39, 0.29) is 22.8 Å². The fourth-order valence-corrected chi connectivity index (χ4v) is 3.17. The van der Waals surface area contributed by atoms with Crippen LogP contribution in [-0.4, -0.2) is 31.4 Å². The molecule has 0 aliphatic carbocycles. The lowest BCUT2D eigenvalue weighted by molar-refractivity contribution is -0.205. The van der Waals surface area contributed by atoms with E-state index in [0.717, 1.165) is 5.56 Å². The van der Waals surface area contributed by atoms with E-state index in [0.29, 0.717) is 0 Å². The second-order valence-electron chi connectivity index (χ2n) is 5.34. The van der Waals surface area contributed by atoms with E-state index in [2.05, 4.69) is 0 Å². The van der Waals surface area contributed by atoms with Crippen molar-refractivity contribution in [2.45, 2.75) is 24.0 Å². The molecule has 2 rings (SSSR count). The van der Waals surface area contributed by atoms with Crippen molar-refractivity contribution >= 4 is 15.8 Å². The Hall–Kier alpha value is -2.38. The second-order valence-corrected chi connectivity index (χ2v) is 7.70. The Morgan fingerprint density at radius 3 is 2.38 bits per heavy atom. The molecule has 128 valence electrons. The maximum atomic E-state index is 12.4. The number of aryl methyl sites for hydroxylation is 1. The topological polar surface area (TPSA) is 89.9 Å². The first kappa shape index (κ1) is 18.0. The van der Waals surface area contributed by atoms with E-state index < -0.39 is 21.1 Å². The number of carboxylic acid groups (broad SMARTS) is 1. The predicted molar refractivity (Wildman–Crippen MR) is 87.8 cm³/mol. The van der Waals surface area contributed by atoms with Crippen LogP contribution in [0.3, 0.4) is 0 Å². The zero-order valence-corrected chi connectivity index (χ0v) is 14.1. The average molecular weight is 350 g/mol. The van der Waals surface area contributed by atoms with E-state index in [1.807, 2.05) is 6.92 Å². The summed E-state index contributed by atoms with van der Waals surface area (Å²) in [5.41, 5.74) is 0.901. The lowest BCUT2D eigenvalue weighted by atomic mass is 10.2. The number of sulfone groups is 1. The lowest BCUT2D eigenvalue weighted by Crippen LogP contribution is -2.24. The summed E-state index contributed by atoms with van der Waals surface area (Å²) in [6, 6.07) is 12.5. The Balaban J connectivity index is 2.02. The second kappa shape index (κ2) is 7.46. The Bertz CT molecular complexity index is 811. The number of hydrogen-bond donors (Lipinski definition) is 1. The van der Waals surface area contributed by atoms with Crippen LogP contribution in [0.5, 0.6) is 5.75 Å². The minimum Gasteiger partial charge on any atom is -0.478 e. The van der Waals surface area contributed by atoms with Crippen molar-refractivity contribution in [3.8, 4) is 5.75 Å². The van der Waals surface area contributed by atoms with Gasteiger partial charge in [0.15, 0.2) is 15.6 Å². The first-order chi connectivity index (χ1) is 11.3. The maximum Gasteiger partial charge on any atom is 0.339 e. The van der Waals surface area contributed by atoms with Crippen LogP contribution in [-0.2, 0) is 14.7 Å². The smallest absolute Gasteiger partial charge is 0.339 e. The molecule has 0 bridgehead atoms. The first-order valence-corrected chi connectivity index (χ1v) is 8.79. The molecule has 0 saturated carbocycles. The van der Waals surface area contributed by atoms with Crippen LogP contribution in [0.25, 0.3) is 0 Å². The summed E-state index contributed by atoms with van der Waals surface area (Å²) in [4.78, 5) is 21.2. The molecule has 7 heteroatoms. The largest absolute Gasteiger partial charge is 0.478 e. The molecular weight excluding hydrogens is 332 g/mol. The fourth-order valence-electron chi connectivity index (χ4n) is 1.96. The highest BCUT2D eigenvalue weighted by Crippen LogP contribution is 2.20. The van der Waals surface area contributed by atoms with Crippen molar-refractivity contribution in [3.63, 3.8) is 0 Å². The number of carbonyl (C=O) groups is 1. The van der Waals surface area contributed by atoms with E-state index >= 15 is 0 Å². The summed E-state index contributed by atoms with van der Waals surface area (Å²) < 4.78 is 24.9. The Kier molecular flexibility index (Phi) is 5.58. The van der Waals surface area contributed by atoms with Crippen molar-refractivity contribution in [2.75, 3.05) is 6.61 Å². The van der Waals surface area contributed by atoms with E-state index in [1.165, 1.54) is 19.1 Å². The molecule has 0 aliphatic rings. The van der Waals surface area contributed by atoms with Crippen molar-refractivity contribution in [3.05, 3.63) is 59.7 Å². The van der Waals surface area contributed by atoms with Gasteiger partial charge in [-0.15, -0.1) is 0 Å². The Morgan fingerprint density at radius 2 is 1.75 bits per heavy atom. The summed E-state index contributed by atoms with van der Waals surface area (Å²) in [7, 11) is -3.56. The minimum atomic E-state index is -3.56. The van der Waals surface area contributed by atoms with Gasteiger partial charge in [-0.05, 0) is 38.1 Å². The minimum absolute atomic E-state index is 0.0185. The molecule has 0 radical (unpaired) electrons. The zero-order valence-electron chi connectivity index (χ0n) is 13.3. The van der Waals surface area contributed by atoms with Crippen LogP contribution in [0.4, 0.5) is 0 Å². The number of benzene rings is 2. The van der Waals surface area contributed by atoms with Gasteiger partial charge in [-0.3, -0.25) is 0 Å². The monoisotopic (exact) mass is 350 g/mol. The van der Waals surface area contributed by atoms with Crippen LogP contribution in [0.2, 0.25) is 0 Å². The number of aromatic carboxylic acids is 1. The van der Waals surface area contributed by atoms with E-state index in [1.54, 1.807) is 36.4 Å². The lowest BCUT2D eigenvalue weighted by Gasteiger charge is -2.14. The standard InChI is InChI=1S/C17H18O6S/c1-12-7-9-14(10-8-12)24(20,21)13(2)11-22-23-16-6-4-3-5-15(16)17(18)19/h3-10,13H,11H2,1-2H3,(H,18,19). The van der Waals surface area contributed by atoms with Gasteiger partial charge in [-0.1, -0.05) is 29.8 Å². The van der Waals surface area contributed by atoms with Crippen molar-refractivity contribution in [2.24, 2.45) is 0 Å². The molecule has 1 atom stereocenters. The third-order valence-corrected chi connectivity index (χ3v) is 5.57. The van der Waals surface area contributed by atoms with Gasteiger partial charge in [0.25, 0.3) is 0 Å². The van der Waals surface area contributed by atoms with Crippen molar-refractivity contribution in [1.82, 2.24) is 0 Å². The van der Waals surface area contributed by atoms with Gasteiger partial charge in [0.1, 0.15) is 12.2 Å². The number of hydrogen-bond acceptors (Lipinski definition) is 5. The highest BCUT2D eigenvalue weighted by molar-refractivity contribution is 7.92. The molecule has 2 aromatic rings. The van der Waals surface area contributed by atoms with E-state index in [4.69, 9.17) is 14.9 Å². The van der Waals surface area contributed by atoms with Crippen molar-refractivity contribution in [1.29, 1.82) is 0 Å². The van der Waals surface area contributed by atoms with E-state index in [9.17, 15) is 13.2 Å². The molecule has 0 saturated heterocycles. The molecular formula is C17H18O6S. The molecule has 0 aliphatic heterocycles. The molecule has 0 spiro atoms. The van der Waals surface area contributed by atoms with Gasteiger partial charge < -0.3 is 9.99 Å². The molecule has 6 nitrogen and oxygen atoms in total. The third kappa shape index (κ3) is 4.12. The van der Waals surface area contributed by atoms with Crippen LogP contribution < -0.4 is 4.89 Å². The molecule has 24 heavy (non-hydrogen) atoms. The summed E-state index contributed by atoms with van der Waals surface area (Å²) >= 11 is 0. The molecule has 1 N–H and O–H groups in total. The molecule has 2 aromatic carbocycles. The van der Waals surface area contributed by atoms with Crippen LogP contribution in [0.1, 0.15) is 22.8 Å². The fraction of sp³-hybridized carbons (Fsp3) is 0.235. The Labute approximate surface area is 140 Å². The summed E-state index contributed by atoms with van der Waals surface area (Å²) in [6.07, 6.45) is 0. The number of rotatable bonds is 7. The molecule has 0 aromatic heterocycles. The summed E-state index contributed by atoms with van der Waals surface area (Å²) in [5.74, 6) is -1.14. The maximum absolute atomic E-state index is 12.4. The molecule has 0 amide bonds. The predicted octanol–water partition coefficient (Wildman–Crippen LogP) is 2.87. The van der Waals surface area contributed by atoms with Crippen molar-refractivity contribution < 1.29 is 28.1 Å². The summed E-state index contributed by atoms with van der Waals surface area (Å²) in [6.45, 7) is 3.14. The van der Waals surface area contributed by atoms with Gasteiger partial charge >= 0.3 is 5.97 Å². The van der Waals surface area contributed by atoms with Gasteiger partial charge in [-0.25, -0.2) is 13.2 Å². The van der Waals surface area contributed by atoms with Gasteiger partial charge in [0, 0.05) is 0 Å². The molecule has 1 unspecified atom stereocenters. The average Bonchev–Trinajstić information content (AvgIpc) is 2.55. The quantitative estimate of drug-likeness (QED) is 0.610. The van der Waals surface area contributed by atoms with Gasteiger partial charge in [-0.2, -0.15) is 4.89 Å². The molecule has 0 fully saturated rings. The zero-order chi connectivity index (χ0) is 17.7.